The van der Waals surface area contributed by atoms with Gasteiger partial charge in [0.25, 0.3) is 0 Å². The van der Waals surface area contributed by atoms with Gasteiger partial charge in [0.2, 0.25) is 0 Å². The lowest BCUT2D eigenvalue weighted by atomic mass is 9.78. The van der Waals surface area contributed by atoms with Crippen LogP contribution in [0.5, 0.6) is 0 Å². The van der Waals surface area contributed by atoms with Gasteiger partial charge in [-0.3, -0.25) is 9.88 Å². The number of halogens is 1. The van der Waals surface area contributed by atoms with Crippen molar-refractivity contribution >= 4 is 12.6 Å². The smallest absolute Gasteiger partial charge is 0.399 e. The van der Waals surface area contributed by atoms with E-state index in [9.17, 15) is 4.39 Å². The van der Waals surface area contributed by atoms with Crippen LogP contribution in [0.25, 0.3) is 0 Å². The fraction of sp³-hybridized carbons (Fsp3) is 0.476. The first-order chi connectivity index (χ1) is 12.7. The van der Waals surface area contributed by atoms with E-state index in [0.29, 0.717) is 5.46 Å². The van der Waals surface area contributed by atoms with E-state index >= 15 is 0 Å². The average Bonchev–Trinajstić information content (AvgIpc) is 2.84. The van der Waals surface area contributed by atoms with E-state index in [0.717, 1.165) is 25.2 Å². The largest absolute Gasteiger partial charge is 0.497 e. The summed E-state index contributed by atoms with van der Waals surface area (Å²) < 4.78 is 26.6. The Kier molecular flexibility index (Phi) is 5.70. The molecule has 0 unspecified atom stereocenters. The van der Waals surface area contributed by atoms with E-state index < -0.39 is 18.3 Å². The Morgan fingerprint density at radius 2 is 1.56 bits per heavy atom. The van der Waals surface area contributed by atoms with E-state index in [1.54, 1.807) is 12.4 Å². The van der Waals surface area contributed by atoms with Crippen LogP contribution in [0.3, 0.4) is 0 Å². The van der Waals surface area contributed by atoms with Gasteiger partial charge in [-0.05, 0) is 63.6 Å². The molecular weight excluding hydrogens is 342 g/mol. The molecule has 1 aliphatic rings. The fourth-order valence-electron chi connectivity index (χ4n) is 3.13. The molecule has 2 heterocycles. The molecule has 4 nitrogen and oxygen atoms in total. The molecular formula is C21H28BFN2O2. The number of nitrogens with zero attached hydrogens (tertiary/aromatic N) is 2. The van der Waals surface area contributed by atoms with E-state index in [2.05, 4.69) is 16.8 Å². The molecule has 0 saturated carbocycles. The van der Waals surface area contributed by atoms with E-state index in [-0.39, 0.29) is 5.82 Å². The summed E-state index contributed by atoms with van der Waals surface area (Å²) >= 11 is 0. The van der Waals surface area contributed by atoms with Gasteiger partial charge in [0, 0.05) is 30.9 Å². The highest BCUT2D eigenvalue weighted by Gasteiger charge is 2.52. The Bertz CT molecular complexity index is 767. The molecule has 1 fully saturated rings. The lowest BCUT2D eigenvalue weighted by molar-refractivity contribution is 0.00578. The zero-order valence-corrected chi connectivity index (χ0v) is 16.8. The minimum atomic E-state index is -0.690. The summed E-state index contributed by atoms with van der Waals surface area (Å²) in [6.45, 7) is 12.5. The number of pyridine rings is 1. The predicted molar refractivity (Wildman–Crippen MR) is 106 cm³/mol. The van der Waals surface area contributed by atoms with Crippen LogP contribution in [0, 0.1) is 5.82 Å². The van der Waals surface area contributed by atoms with Crippen molar-refractivity contribution in [2.75, 3.05) is 6.54 Å². The molecule has 144 valence electrons. The lowest BCUT2D eigenvalue weighted by Gasteiger charge is -2.32. The second-order valence-electron chi connectivity index (χ2n) is 8.10. The van der Waals surface area contributed by atoms with Gasteiger partial charge in [0.05, 0.1) is 11.2 Å². The van der Waals surface area contributed by atoms with Gasteiger partial charge < -0.3 is 9.31 Å². The van der Waals surface area contributed by atoms with Crippen molar-refractivity contribution in [3.63, 3.8) is 0 Å². The molecule has 1 saturated heterocycles. The second kappa shape index (κ2) is 7.70. The molecule has 1 aromatic carbocycles. The van der Waals surface area contributed by atoms with Crippen molar-refractivity contribution in [1.29, 1.82) is 0 Å². The maximum atomic E-state index is 14.5. The summed E-state index contributed by atoms with van der Waals surface area (Å²) in [4.78, 5) is 6.37. The third-order valence-corrected chi connectivity index (χ3v) is 5.58. The van der Waals surface area contributed by atoms with E-state index in [1.165, 1.54) is 11.6 Å². The molecule has 0 spiro atoms. The maximum Gasteiger partial charge on any atom is 0.497 e. The van der Waals surface area contributed by atoms with Gasteiger partial charge in [-0.25, -0.2) is 4.39 Å². The predicted octanol–water partition coefficient (Wildman–Crippen LogP) is 3.54. The van der Waals surface area contributed by atoms with Gasteiger partial charge in [-0.2, -0.15) is 0 Å². The van der Waals surface area contributed by atoms with Gasteiger partial charge in [-0.1, -0.05) is 19.1 Å². The first-order valence-electron chi connectivity index (χ1n) is 9.47. The Morgan fingerprint density at radius 3 is 2.15 bits per heavy atom. The Labute approximate surface area is 161 Å². The first kappa shape index (κ1) is 20.0. The normalized spacial score (nSPS) is 18.3. The second-order valence-corrected chi connectivity index (χ2v) is 8.10. The molecule has 1 aliphatic heterocycles. The highest BCUT2D eigenvalue weighted by Crippen LogP contribution is 2.36. The summed E-state index contributed by atoms with van der Waals surface area (Å²) in [7, 11) is -0.690. The molecule has 0 aliphatic carbocycles. The van der Waals surface area contributed by atoms with Crippen molar-refractivity contribution in [2.45, 2.75) is 58.9 Å². The number of rotatable bonds is 6. The SMILES string of the molecule is CCN(Cc1ccncc1)Cc1ccc(F)c(B2OC(C)(C)C(C)(C)O2)c1. The summed E-state index contributed by atoms with van der Waals surface area (Å²) in [5.41, 5.74) is 1.73. The summed E-state index contributed by atoms with van der Waals surface area (Å²) in [6, 6.07) is 9.24. The van der Waals surface area contributed by atoms with Crippen LogP contribution in [0.2, 0.25) is 0 Å². The molecule has 0 amide bonds. The summed E-state index contributed by atoms with van der Waals surface area (Å²) in [5, 5.41) is 0. The van der Waals surface area contributed by atoms with Crippen LogP contribution in [0.1, 0.15) is 45.7 Å². The number of benzene rings is 1. The summed E-state index contributed by atoms with van der Waals surface area (Å²) in [6.07, 6.45) is 3.61. The van der Waals surface area contributed by atoms with Crippen LogP contribution < -0.4 is 5.46 Å². The first-order valence-corrected chi connectivity index (χ1v) is 9.47. The van der Waals surface area contributed by atoms with Crippen molar-refractivity contribution in [3.8, 4) is 0 Å². The minimum absolute atomic E-state index is 0.297. The van der Waals surface area contributed by atoms with Gasteiger partial charge >= 0.3 is 7.12 Å². The average molecular weight is 370 g/mol. The fourth-order valence-corrected chi connectivity index (χ4v) is 3.13. The van der Waals surface area contributed by atoms with Gasteiger partial charge in [0.1, 0.15) is 5.82 Å². The van der Waals surface area contributed by atoms with Gasteiger partial charge in [0.15, 0.2) is 0 Å². The Hall–Kier alpha value is -1.76. The Morgan fingerprint density at radius 1 is 0.963 bits per heavy atom. The van der Waals surface area contributed by atoms with Gasteiger partial charge in [-0.15, -0.1) is 0 Å². The van der Waals surface area contributed by atoms with E-state index in [1.807, 2.05) is 52.0 Å². The standard InChI is InChI=1S/C21H28BFN2O2/c1-6-25(14-16-9-11-24-12-10-16)15-17-7-8-19(23)18(13-17)22-26-20(2,3)21(4,5)27-22/h7-13H,6,14-15H2,1-5H3. The molecule has 2 aromatic rings. The van der Waals surface area contributed by atoms with Crippen LogP contribution in [0.15, 0.2) is 42.7 Å². The van der Waals surface area contributed by atoms with Crippen LogP contribution >= 0.6 is 0 Å². The number of hydrogen-bond donors (Lipinski definition) is 0. The molecule has 1 aromatic heterocycles. The third-order valence-electron chi connectivity index (χ3n) is 5.58. The molecule has 0 radical (unpaired) electrons. The van der Waals surface area contributed by atoms with Crippen LogP contribution in [-0.2, 0) is 22.4 Å². The number of aromatic nitrogens is 1. The lowest BCUT2D eigenvalue weighted by Crippen LogP contribution is -2.41. The monoisotopic (exact) mass is 370 g/mol. The van der Waals surface area contributed by atoms with Crippen molar-refractivity contribution in [2.24, 2.45) is 0 Å². The minimum Gasteiger partial charge on any atom is -0.399 e. The zero-order valence-electron chi connectivity index (χ0n) is 16.8. The van der Waals surface area contributed by atoms with Crippen molar-refractivity contribution in [3.05, 3.63) is 59.7 Å². The summed E-state index contributed by atoms with van der Waals surface area (Å²) in [5.74, 6) is -0.297. The molecule has 0 N–H and O–H groups in total. The van der Waals surface area contributed by atoms with E-state index in [4.69, 9.17) is 9.31 Å². The molecule has 0 atom stereocenters. The maximum absolute atomic E-state index is 14.5. The molecule has 0 bridgehead atoms. The molecule has 27 heavy (non-hydrogen) atoms. The highest BCUT2D eigenvalue weighted by atomic mass is 19.1. The van der Waals surface area contributed by atoms with Crippen molar-refractivity contribution < 1.29 is 13.7 Å². The van der Waals surface area contributed by atoms with Crippen LogP contribution in [0.4, 0.5) is 4.39 Å². The topological polar surface area (TPSA) is 34.6 Å². The Balaban J connectivity index is 1.77. The quantitative estimate of drug-likeness (QED) is 0.729. The van der Waals surface area contributed by atoms with Crippen LogP contribution in [-0.4, -0.2) is 34.7 Å². The number of hydrogen-bond acceptors (Lipinski definition) is 4. The molecule has 3 rings (SSSR count). The zero-order chi connectivity index (χ0) is 19.7. The molecule has 6 heteroatoms. The van der Waals surface area contributed by atoms with Crippen molar-refractivity contribution in [1.82, 2.24) is 9.88 Å². The highest BCUT2D eigenvalue weighted by molar-refractivity contribution is 6.62. The third kappa shape index (κ3) is 4.40.